The van der Waals surface area contributed by atoms with Crippen LogP contribution in [0.3, 0.4) is 0 Å². The molecule has 1 saturated heterocycles. The van der Waals surface area contributed by atoms with Gasteiger partial charge < -0.3 is 4.90 Å². The van der Waals surface area contributed by atoms with E-state index in [2.05, 4.69) is 5.10 Å². The Balaban J connectivity index is 2.15. The zero-order valence-electron chi connectivity index (χ0n) is 14.4. The van der Waals surface area contributed by atoms with Gasteiger partial charge in [-0.1, -0.05) is 0 Å². The fourth-order valence-corrected chi connectivity index (χ4v) is 4.28. The predicted molar refractivity (Wildman–Crippen MR) is 89.8 cm³/mol. The summed E-state index contributed by atoms with van der Waals surface area (Å²) in [6.45, 7) is 7.99. The van der Waals surface area contributed by atoms with Gasteiger partial charge in [0.1, 0.15) is 5.25 Å². The number of rotatable bonds is 5. The van der Waals surface area contributed by atoms with E-state index >= 15 is 0 Å². The summed E-state index contributed by atoms with van der Waals surface area (Å²) in [5, 5.41) is 2.76. The average molecular weight is 341 g/mol. The summed E-state index contributed by atoms with van der Waals surface area (Å²) < 4.78 is 26.5. The van der Waals surface area contributed by atoms with Gasteiger partial charge in [-0.25, -0.2) is 8.42 Å². The van der Waals surface area contributed by atoms with Crippen molar-refractivity contribution in [3.63, 3.8) is 0 Å². The second kappa shape index (κ2) is 7.03. The van der Waals surface area contributed by atoms with E-state index in [-0.39, 0.29) is 11.9 Å². The summed E-state index contributed by atoms with van der Waals surface area (Å²) in [7, 11) is -3.43. The molecule has 0 bridgehead atoms. The Morgan fingerprint density at radius 3 is 2.61 bits per heavy atom. The lowest BCUT2D eigenvalue weighted by Crippen LogP contribution is -2.51. The Labute approximate surface area is 138 Å². The minimum atomic E-state index is -3.43. The van der Waals surface area contributed by atoms with E-state index in [4.69, 9.17) is 0 Å². The standard InChI is InChI=1S/C16H27N3O3S/c1-12(2)23(21,22)14(4)16(20)19-8-6-5-7-15(19)11-18-10-13(3)9-17-18/h9-10,12,14-15H,5-8,11H2,1-4H3. The number of piperidine rings is 1. The number of hydrogen-bond acceptors (Lipinski definition) is 4. The van der Waals surface area contributed by atoms with Crippen LogP contribution < -0.4 is 0 Å². The van der Waals surface area contributed by atoms with Crippen LogP contribution in [-0.2, 0) is 21.2 Å². The Kier molecular flexibility index (Phi) is 5.49. The molecule has 1 aromatic rings. The summed E-state index contributed by atoms with van der Waals surface area (Å²) in [4.78, 5) is 14.5. The maximum absolute atomic E-state index is 12.8. The molecular formula is C16H27N3O3S. The molecule has 1 aromatic heterocycles. The average Bonchev–Trinajstić information content (AvgIpc) is 2.91. The number of amides is 1. The second-order valence-corrected chi connectivity index (χ2v) is 9.53. The van der Waals surface area contributed by atoms with Crippen LogP contribution in [0.25, 0.3) is 0 Å². The highest BCUT2D eigenvalue weighted by atomic mass is 32.2. The van der Waals surface area contributed by atoms with Gasteiger partial charge in [0.25, 0.3) is 0 Å². The molecule has 130 valence electrons. The molecular weight excluding hydrogens is 314 g/mol. The van der Waals surface area contributed by atoms with Crippen molar-refractivity contribution in [2.24, 2.45) is 0 Å². The Hall–Kier alpha value is -1.37. The minimum absolute atomic E-state index is 0.0142. The molecule has 0 aromatic carbocycles. The fourth-order valence-electron chi connectivity index (χ4n) is 3.05. The first-order valence-electron chi connectivity index (χ1n) is 8.25. The van der Waals surface area contributed by atoms with E-state index in [0.29, 0.717) is 13.1 Å². The molecule has 2 atom stereocenters. The third-order valence-electron chi connectivity index (χ3n) is 4.57. The van der Waals surface area contributed by atoms with E-state index in [0.717, 1.165) is 24.8 Å². The van der Waals surface area contributed by atoms with E-state index in [9.17, 15) is 13.2 Å². The number of likely N-dealkylation sites (tertiary alicyclic amines) is 1. The van der Waals surface area contributed by atoms with E-state index in [1.807, 2.05) is 17.8 Å². The first-order valence-corrected chi connectivity index (χ1v) is 9.86. The van der Waals surface area contributed by atoms with Crippen molar-refractivity contribution in [1.29, 1.82) is 0 Å². The lowest BCUT2D eigenvalue weighted by molar-refractivity contribution is -0.134. The van der Waals surface area contributed by atoms with Gasteiger partial charge in [0, 0.05) is 12.7 Å². The van der Waals surface area contributed by atoms with Gasteiger partial charge >= 0.3 is 0 Å². The molecule has 0 aliphatic carbocycles. The Bertz CT molecular complexity index is 651. The molecule has 2 unspecified atom stereocenters. The van der Waals surface area contributed by atoms with Crippen molar-refractivity contribution in [1.82, 2.24) is 14.7 Å². The SMILES string of the molecule is Cc1cnn(CC2CCCCN2C(=O)C(C)S(=O)(=O)C(C)C)c1. The first-order chi connectivity index (χ1) is 10.7. The van der Waals surface area contributed by atoms with Crippen molar-refractivity contribution in [2.75, 3.05) is 6.54 Å². The van der Waals surface area contributed by atoms with E-state index < -0.39 is 20.3 Å². The third-order valence-corrected chi connectivity index (χ3v) is 7.07. The number of hydrogen-bond donors (Lipinski definition) is 0. The topological polar surface area (TPSA) is 72.3 Å². The lowest BCUT2D eigenvalue weighted by Gasteiger charge is -2.37. The highest BCUT2D eigenvalue weighted by molar-refractivity contribution is 7.93. The van der Waals surface area contributed by atoms with Crippen LogP contribution in [0.1, 0.15) is 45.6 Å². The molecule has 2 rings (SSSR count). The molecule has 0 saturated carbocycles. The smallest absolute Gasteiger partial charge is 0.240 e. The molecule has 0 N–H and O–H groups in total. The van der Waals surface area contributed by atoms with Crippen molar-refractivity contribution in [3.8, 4) is 0 Å². The third kappa shape index (κ3) is 3.94. The summed E-state index contributed by atoms with van der Waals surface area (Å²) in [6, 6.07) is 0.0142. The predicted octanol–water partition coefficient (Wildman–Crippen LogP) is 1.78. The van der Waals surface area contributed by atoms with Crippen LogP contribution in [0.4, 0.5) is 0 Å². The normalized spacial score (nSPS) is 20.7. The van der Waals surface area contributed by atoms with Crippen LogP contribution in [-0.4, -0.2) is 52.1 Å². The molecule has 1 aliphatic heterocycles. The zero-order valence-corrected chi connectivity index (χ0v) is 15.2. The van der Waals surface area contributed by atoms with Gasteiger partial charge in [0.15, 0.2) is 9.84 Å². The Morgan fingerprint density at radius 1 is 1.35 bits per heavy atom. The monoisotopic (exact) mass is 341 g/mol. The van der Waals surface area contributed by atoms with Gasteiger partial charge in [-0.3, -0.25) is 9.48 Å². The Morgan fingerprint density at radius 2 is 2.04 bits per heavy atom. The number of aromatic nitrogens is 2. The van der Waals surface area contributed by atoms with Crippen molar-refractivity contribution >= 4 is 15.7 Å². The maximum atomic E-state index is 12.8. The van der Waals surface area contributed by atoms with Crippen LogP contribution in [0.2, 0.25) is 0 Å². The molecule has 1 fully saturated rings. The summed E-state index contributed by atoms with van der Waals surface area (Å²) in [6.07, 6.45) is 6.61. The summed E-state index contributed by atoms with van der Waals surface area (Å²) in [5.74, 6) is -0.271. The summed E-state index contributed by atoms with van der Waals surface area (Å²) >= 11 is 0. The summed E-state index contributed by atoms with van der Waals surface area (Å²) in [5.41, 5.74) is 1.08. The first kappa shape index (κ1) is 18.0. The lowest BCUT2D eigenvalue weighted by atomic mass is 10.0. The maximum Gasteiger partial charge on any atom is 0.240 e. The largest absolute Gasteiger partial charge is 0.337 e. The van der Waals surface area contributed by atoms with E-state index in [1.54, 1.807) is 24.9 Å². The van der Waals surface area contributed by atoms with E-state index in [1.165, 1.54) is 6.92 Å². The molecule has 1 amide bonds. The molecule has 2 heterocycles. The molecule has 1 aliphatic rings. The van der Waals surface area contributed by atoms with Crippen LogP contribution in [0.5, 0.6) is 0 Å². The zero-order chi connectivity index (χ0) is 17.2. The quantitative estimate of drug-likeness (QED) is 0.818. The van der Waals surface area contributed by atoms with Crippen LogP contribution >= 0.6 is 0 Å². The minimum Gasteiger partial charge on any atom is -0.337 e. The highest BCUT2D eigenvalue weighted by Gasteiger charge is 2.37. The molecule has 0 radical (unpaired) electrons. The number of aryl methyl sites for hydroxylation is 1. The van der Waals surface area contributed by atoms with Gasteiger partial charge in [-0.2, -0.15) is 5.10 Å². The van der Waals surface area contributed by atoms with Gasteiger partial charge in [-0.05, 0) is 52.5 Å². The molecule has 0 spiro atoms. The van der Waals surface area contributed by atoms with Gasteiger partial charge in [0.05, 0.1) is 24.0 Å². The fraction of sp³-hybridized carbons (Fsp3) is 0.750. The van der Waals surface area contributed by atoms with Crippen molar-refractivity contribution in [3.05, 3.63) is 18.0 Å². The molecule has 6 nitrogen and oxygen atoms in total. The van der Waals surface area contributed by atoms with Crippen LogP contribution in [0, 0.1) is 6.92 Å². The van der Waals surface area contributed by atoms with Crippen LogP contribution in [0.15, 0.2) is 12.4 Å². The highest BCUT2D eigenvalue weighted by Crippen LogP contribution is 2.22. The number of carbonyl (C=O) groups excluding carboxylic acids is 1. The molecule has 7 heteroatoms. The van der Waals surface area contributed by atoms with Crippen molar-refractivity contribution < 1.29 is 13.2 Å². The number of carbonyl (C=O) groups is 1. The number of sulfone groups is 1. The van der Waals surface area contributed by atoms with Gasteiger partial charge in [0.2, 0.25) is 5.91 Å². The number of nitrogens with zero attached hydrogens (tertiary/aromatic N) is 3. The van der Waals surface area contributed by atoms with Crippen molar-refractivity contribution in [2.45, 2.75) is 70.0 Å². The van der Waals surface area contributed by atoms with Gasteiger partial charge in [-0.15, -0.1) is 0 Å². The molecule has 23 heavy (non-hydrogen) atoms. The second-order valence-electron chi connectivity index (χ2n) is 6.70.